The van der Waals surface area contributed by atoms with Crippen LogP contribution >= 0.6 is 0 Å². The van der Waals surface area contributed by atoms with Crippen molar-refractivity contribution in [1.29, 1.82) is 0 Å². The van der Waals surface area contributed by atoms with Gasteiger partial charge in [0.2, 0.25) is 0 Å². The average molecular weight is 224 g/mol. The highest BCUT2D eigenvalue weighted by Gasteiger charge is 2.06. The second-order valence-corrected chi connectivity index (χ2v) is 3.99. The van der Waals surface area contributed by atoms with Crippen molar-refractivity contribution in [3.63, 3.8) is 0 Å². The summed E-state index contributed by atoms with van der Waals surface area (Å²) < 4.78 is 0. The predicted molar refractivity (Wildman–Crippen MR) is 76.3 cm³/mol. The van der Waals surface area contributed by atoms with Crippen molar-refractivity contribution >= 4 is 12.8 Å². The number of hydrogen-bond acceptors (Lipinski definition) is 1. The highest BCUT2D eigenvalue weighted by molar-refractivity contribution is 6.67. The van der Waals surface area contributed by atoms with Gasteiger partial charge < -0.3 is 5.11 Å². The van der Waals surface area contributed by atoms with E-state index in [4.69, 9.17) is 6.42 Å². The van der Waals surface area contributed by atoms with E-state index >= 15 is 0 Å². The highest BCUT2D eigenvalue weighted by atomic mass is 16.3. The number of hydrogen-bond donors (Lipinski definition) is 1. The number of aromatic hydroxyl groups is 1. The lowest BCUT2D eigenvalue weighted by atomic mass is 9.60. The molecule has 0 aliphatic heterocycles. The van der Waals surface area contributed by atoms with Crippen LogP contribution in [-0.2, 0) is 0 Å². The average Bonchev–Trinajstić information content (AvgIpc) is 2.34. The van der Waals surface area contributed by atoms with Crippen molar-refractivity contribution < 1.29 is 5.11 Å². The maximum atomic E-state index is 9.57. The molecule has 0 unspecified atom stereocenters. The molecule has 0 fully saturated rings. The van der Waals surface area contributed by atoms with Crippen LogP contribution in [0.2, 0.25) is 0 Å². The molecule has 1 rings (SSSR count). The van der Waals surface area contributed by atoms with Crippen molar-refractivity contribution in [2.45, 2.75) is 20.3 Å². The summed E-state index contributed by atoms with van der Waals surface area (Å²) in [5.41, 5.74) is 3.90. The van der Waals surface area contributed by atoms with Crippen LogP contribution in [0.4, 0.5) is 0 Å². The summed E-state index contributed by atoms with van der Waals surface area (Å²) in [6.07, 6.45) is 8.46. The van der Waals surface area contributed by atoms with Gasteiger partial charge in [-0.15, -0.1) is 18.5 Å². The highest BCUT2D eigenvalue weighted by Crippen LogP contribution is 2.21. The maximum Gasteiger partial charge on any atom is 0.186 e. The number of rotatable bonds is 4. The predicted octanol–water partition coefficient (Wildman–Crippen LogP) is 3.09. The van der Waals surface area contributed by atoms with E-state index < -0.39 is 0 Å². The molecule has 0 saturated carbocycles. The molecule has 1 N–H and O–H groups in total. The lowest BCUT2D eigenvalue weighted by Gasteiger charge is -2.08. The van der Waals surface area contributed by atoms with Crippen LogP contribution in [0.15, 0.2) is 36.3 Å². The molecule has 2 heteroatoms. The molecule has 0 aromatic heterocycles. The van der Waals surface area contributed by atoms with Gasteiger partial charge in [0.1, 0.15) is 5.75 Å². The first-order valence-electron chi connectivity index (χ1n) is 5.73. The zero-order chi connectivity index (χ0) is 12.8. The van der Waals surface area contributed by atoms with Gasteiger partial charge in [-0.05, 0) is 37.1 Å². The summed E-state index contributed by atoms with van der Waals surface area (Å²) >= 11 is 0. The molecule has 0 spiro atoms. The molecule has 1 nitrogen and oxygen atoms in total. The molecule has 0 saturated heterocycles. The van der Waals surface area contributed by atoms with E-state index in [1.807, 2.05) is 13.0 Å². The first-order valence-corrected chi connectivity index (χ1v) is 5.73. The Hall–Kier alpha value is -1.88. The summed E-state index contributed by atoms with van der Waals surface area (Å²) in [6.45, 7) is 8.21. The Labute approximate surface area is 104 Å². The number of phenolic OH excluding ortho intramolecular Hbond substituents is 1. The third kappa shape index (κ3) is 3.57. The van der Waals surface area contributed by atoms with E-state index in [9.17, 15) is 5.11 Å². The lowest BCUT2D eigenvalue weighted by Crippen LogP contribution is -1.99. The summed E-state index contributed by atoms with van der Waals surface area (Å²) in [5.74, 6) is 2.72. The van der Waals surface area contributed by atoms with Gasteiger partial charge >= 0.3 is 0 Å². The van der Waals surface area contributed by atoms with Crippen LogP contribution in [0.5, 0.6) is 5.75 Å². The van der Waals surface area contributed by atoms with Gasteiger partial charge in [-0.3, -0.25) is 0 Å². The van der Waals surface area contributed by atoms with Crippen LogP contribution in [-0.4, -0.2) is 12.4 Å². The molecular weight excluding hydrogens is 207 g/mol. The van der Waals surface area contributed by atoms with Crippen molar-refractivity contribution in [3.05, 3.63) is 47.5 Å². The van der Waals surface area contributed by atoms with E-state index in [1.54, 1.807) is 12.1 Å². The Morgan fingerprint density at radius 2 is 2.24 bits per heavy atom. The van der Waals surface area contributed by atoms with Gasteiger partial charge in [0.05, 0.1) is 0 Å². The molecule has 0 aliphatic rings. The standard InChI is InChI=1S/C15H17BO/c1-5-12-8-13(10-15(17)9-12)11(4)16-14(6-2)7-3/h1,6,8-10,16-17H,4,7H2,2-3H3/b14-6-. The van der Waals surface area contributed by atoms with Crippen LogP contribution in [0.3, 0.4) is 0 Å². The number of allylic oxidation sites excluding steroid dienone is 2. The molecule has 0 radical (unpaired) electrons. The Balaban J connectivity index is 2.97. The Bertz CT molecular complexity index is 492. The topological polar surface area (TPSA) is 20.2 Å². The van der Waals surface area contributed by atoms with E-state index in [0.717, 1.165) is 24.7 Å². The zero-order valence-electron chi connectivity index (χ0n) is 10.5. The first kappa shape index (κ1) is 13.2. The molecule has 17 heavy (non-hydrogen) atoms. The fourth-order valence-electron chi connectivity index (χ4n) is 1.71. The second kappa shape index (κ2) is 6.01. The fourth-order valence-corrected chi connectivity index (χ4v) is 1.71. The van der Waals surface area contributed by atoms with Crippen LogP contribution in [0.1, 0.15) is 31.4 Å². The molecule has 0 aliphatic carbocycles. The largest absolute Gasteiger partial charge is 0.508 e. The van der Waals surface area contributed by atoms with Crippen molar-refractivity contribution in [2.24, 2.45) is 0 Å². The van der Waals surface area contributed by atoms with Crippen LogP contribution < -0.4 is 0 Å². The second-order valence-electron chi connectivity index (χ2n) is 3.99. The van der Waals surface area contributed by atoms with Crippen molar-refractivity contribution in [3.8, 4) is 18.1 Å². The minimum atomic E-state index is 0.190. The zero-order valence-corrected chi connectivity index (χ0v) is 10.5. The molecule has 86 valence electrons. The summed E-state index contributed by atoms with van der Waals surface area (Å²) in [4.78, 5) is 0. The van der Waals surface area contributed by atoms with E-state index in [0.29, 0.717) is 5.56 Å². The number of phenols is 1. The van der Waals surface area contributed by atoms with Gasteiger partial charge in [-0.25, -0.2) is 0 Å². The third-order valence-electron chi connectivity index (χ3n) is 2.80. The quantitative estimate of drug-likeness (QED) is 0.615. The Morgan fingerprint density at radius 3 is 2.76 bits per heavy atom. The van der Waals surface area contributed by atoms with Gasteiger partial charge in [-0.2, -0.15) is 0 Å². The van der Waals surface area contributed by atoms with Gasteiger partial charge in [0, 0.05) is 5.56 Å². The Kier molecular flexibility index (Phi) is 4.66. The molecule has 1 aromatic carbocycles. The number of terminal acetylenes is 1. The van der Waals surface area contributed by atoms with Crippen LogP contribution in [0, 0.1) is 12.3 Å². The summed E-state index contributed by atoms with van der Waals surface area (Å²) in [5, 5.41) is 9.57. The van der Waals surface area contributed by atoms with Gasteiger partial charge in [-0.1, -0.05) is 24.4 Å². The minimum absolute atomic E-state index is 0.190. The monoisotopic (exact) mass is 224 g/mol. The molecule has 0 heterocycles. The summed E-state index contributed by atoms with van der Waals surface area (Å²) in [6, 6.07) is 5.16. The molecule has 0 atom stereocenters. The smallest absolute Gasteiger partial charge is 0.186 e. The van der Waals surface area contributed by atoms with E-state index in [2.05, 4.69) is 25.5 Å². The molecule has 0 bridgehead atoms. The fraction of sp³-hybridized carbons (Fsp3) is 0.200. The third-order valence-corrected chi connectivity index (χ3v) is 2.80. The van der Waals surface area contributed by atoms with E-state index in [1.165, 1.54) is 5.47 Å². The van der Waals surface area contributed by atoms with Crippen molar-refractivity contribution in [1.82, 2.24) is 0 Å². The van der Waals surface area contributed by atoms with Gasteiger partial charge in [0.25, 0.3) is 0 Å². The Morgan fingerprint density at radius 1 is 1.53 bits per heavy atom. The molecule has 1 aromatic rings. The normalized spacial score (nSPS) is 10.8. The first-order chi connectivity index (χ1) is 8.10. The lowest BCUT2D eigenvalue weighted by molar-refractivity contribution is 0.475. The number of benzene rings is 1. The SMILES string of the molecule is C#Cc1cc(O)cc(C(=C)B/C(=C\C)CC)c1. The van der Waals surface area contributed by atoms with E-state index in [-0.39, 0.29) is 5.75 Å². The molecular formula is C15H17BO. The maximum absolute atomic E-state index is 9.57. The molecule has 0 amide bonds. The summed E-state index contributed by atoms with van der Waals surface area (Å²) in [7, 11) is 0.820. The van der Waals surface area contributed by atoms with Crippen LogP contribution in [0.25, 0.3) is 5.47 Å². The van der Waals surface area contributed by atoms with Gasteiger partial charge in [0.15, 0.2) is 7.28 Å². The minimum Gasteiger partial charge on any atom is -0.508 e. The van der Waals surface area contributed by atoms with Crippen molar-refractivity contribution in [2.75, 3.05) is 0 Å².